The van der Waals surface area contributed by atoms with E-state index < -0.39 is 5.97 Å². The van der Waals surface area contributed by atoms with Gasteiger partial charge in [0.05, 0.1) is 25.6 Å². The molecule has 3 aromatic rings. The first-order chi connectivity index (χ1) is 16.6. The number of cyclic esters (lactones) is 1. The highest BCUT2D eigenvalue weighted by Gasteiger charge is 2.28. The number of methoxy groups -OCH3 is 2. The summed E-state index contributed by atoms with van der Waals surface area (Å²) >= 11 is 0. The first-order valence-corrected chi connectivity index (χ1v) is 11.2. The molecular weight excluding hydrogens is 432 g/mol. The van der Waals surface area contributed by atoms with Gasteiger partial charge < -0.3 is 19.1 Å². The zero-order valence-electron chi connectivity index (χ0n) is 19.4. The van der Waals surface area contributed by atoms with Crippen LogP contribution in [0.15, 0.2) is 59.2 Å². The Kier molecular flexibility index (Phi) is 5.79. The van der Waals surface area contributed by atoms with Crippen LogP contribution < -0.4 is 14.4 Å². The van der Waals surface area contributed by atoms with E-state index in [4.69, 9.17) is 19.3 Å². The minimum atomic E-state index is -0.496. The maximum Gasteiger partial charge on any atom is 0.363 e. The highest BCUT2D eigenvalue weighted by atomic mass is 16.6. The lowest BCUT2D eigenvalue weighted by Crippen LogP contribution is -2.22. The van der Waals surface area contributed by atoms with E-state index in [2.05, 4.69) is 9.89 Å². The number of anilines is 1. The van der Waals surface area contributed by atoms with Crippen LogP contribution in [-0.4, -0.2) is 49.0 Å². The number of para-hydroxylation sites is 1. The van der Waals surface area contributed by atoms with Crippen molar-refractivity contribution in [1.29, 1.82) is 0 Å². The molecule has 0 unspecified atom stereocenters. The highest BCUT2D eigenvalue weighted by Crippen LogP contribution is 2.34. The van der Waals surface area contributed by atoms with E-state index in [1.165, 1.54) is 0 Å². The topological polar surface area (TPSA) is 78.2 Å². The van der Waals surface area contributed by atoms with Crippen LogP contribution >= 0.6 is 0 Å². The summed E-state index contributed by atoms with van der Waals surface area (Å²) in [4.78, 5) is 19.6. The monoisotopic (exact) mass is 458 g/mol. The molecular formula is C26H26N4O4. The van der Waals surface area contributed by atoms with E-state index in [1.54, 1.807) is 38.5 Å². The lowest BCUT2D eigenvalue weighted by molar-refractivity contribution is -0.129. The van der Waals surface area contributed by atoms with Crippen LogP contribution in [0.2, 0.25) is 0 Å². The van der Waals surface area contributed by atoms with Crippen molar-refractivity contribution in [1.82, 2.24) is 9.78 Å². The first-order valence-electron chi connectivity index (χ1n) is 11.2. The molecule has 1 fully saturated rings. The first kappa shape index (κ1) is 21.8. The summed E-state index contributed by atoms with van der Waals surface area (Å²) in [5.41, 5.74) is 3.53. The van der Waals surface area contributed by atoms with Crippen molar-refractivity contribution >= 4 is 23.8 Å². The molecule has 0 bridgehead atoms. The summed E-state index contributed by atoms with van der Waals surface area (Å²) in [7, 11) is 3.13. The molecule has 0 amide bonds. The average molecular weight is 459 g/mol. The van der Waals surface area contributed by atoms with Crippen molar-refractivity contribution in [3.05, 3.63) is 71.0 Å². The summed E-state index contributed by atoms with van der Waals surface area (Å²) in [6, 6.07) is 15.3. The number of carbonyl (C=O) groups excluding carboxylic acids is 1. The molecule has 2 aromatic carbocycles. The number of esters is 1. The standard InChI is InChI=1S/C26H26N4O4/c1-17-20(25(29-13-7-8-14-29)30(28-17)19-9-5-4-6-10-19)16-21-26(31)34-24(27-21)18-11-12-22(32-2)23(15-18)33-3/h4-6,9-12,15-16H,7-8,13-14H2,1-3H3/b21-16-. The van der Waals surface area contributed by atoms with Crippen LogP contribution in [0.1, 0.15) is 29.7 Å². The Morgan fingerprint density at radius 3 is 2.44 bits per heavy atom. The minimum absolute atomic E-state index is 0.230. The van der Waals surface area contributed by atoms with Crippen molar-refractivity contribution in [2.75, 3.05) is 32.2 Å². The number of hydrogen-bond acceptors (Lipinski definition) is 7. The van der Waals surface area contributed by atoms with E-state index in [9.17, 15) is 4.79 Å². The third-order valence-electron chi connectivity index (χ3n) is 6.02. The van der Waals surface area contributed by atoms with Gasteiger partial charge >= 0.3 is 5.97 Å². The molecule has 0 N–H and O–H groups in total. The van der Waals surface area contributed by atoms with Gasteiger partial charge in [-0.25, -0.2) is 14.5 Å². The number of benzene rings is 2. The van der Waals surface area contributed by atoms with Crippen LogP contribution in [-0.2, 0) is 9.53 Å². The Morgan fingerprint density at radius 2 is 1.74 bits per heavy atom. The van der Waals surface area contributed by atoms with Crippen LogP contribution in [0.5, 0.6) is 11.5 Å². The molecule has 8 heteroatoms. The lowest BCUT2D eigenvalue weighted by Gasteiger charge is -2.20. The Bertz CT molecular complexity index is 1290. The number of aliphatic imine (C=N–C) groups is 1. The van der Waals surface area contributed by atoms with Crippen molar-refractivity contribution in [3.8, 4) is 17.2 Å². The average Bonchev–Trinajstić information content (AvgIpc) is 3.59. The summed E-state index contributed by atoms with van der Waals surface area (Å²) in [5.74, 6) is 1.83. The fourth-order valence-corrected chi connectivity index (χ4v) is 4.32. The summed E-state index contributed by atoms with van der Waals surface area (Å²) in [6.45, 7) is 3.84. The molecule has 2 aliphatic rings. The van der Waals surface area contributed by atoms with Crippen molar-refractivity contribution in [2.45, 2.75) is 19.8 Å². The van der Waals surface area contributed by atoms with Gasteiger partial charge in [0.15, 0.2) is 17.2 Å². The summed E-state index contributed by atoms with van der Waals surface area (Å²) < 4.78 is 18.1. The van der Waals surface area contributed by atoms with E-state index >= 15 is 0 Å². The van der Waals surface area contributed by atoms with Crippen molar-refractivity contribution < 1.29 is 19.0 Å². The van der Waals surface area contributed by atoms with Gasteiger partial charge in [-0.3, -0.25) is 0 Å². The highest BCUT2D eigenvalue weighted by molar-refractivity contribution is 6.13. The van der Waals surface area contributed by atoms with Crippen LogP contribution in [0.3, 0.4) is 0 Å². The van der Waals surface area contributed by atoms with E-state index in [1.807, 2.05) is 41.9 Å². The lowest BCUT2D eigenvalue weighted by atomic mass is 10.2. The molecule has 0 aliphatic carbocycles. The SMILES string of the molecule is COc1ccc(C2=N/C(=C\c3c(C)nn(-c4ccccc4)c3N3CCCC3)C(=O)O2)cc1OC. The molecule has 5 rings (SSSR count). The predicted octanol–water partition coefficient (Wildman–Crippen LogP) is 4.14. The molecule has 1 aromatic heterocycles. The third kappa shape index (κ3) is 3.91. The Labute approximate surface area is 198 Å². The second-order valence-electron chi connectivity index (χ2n) is 8.17. The molecule has 1 saturated heterocycles. The number of hydrogen-bond donors (Lipinski definition) is 0. The summed E-state index contributed by atoms with van der Waals surface area (Å²) in [6.07, 6.45) is 4.03. The molecule has 174 valence electrons. The number of ether oxygens (including phenoxy) is 3. The zero-order chi connectivity index (χ0) is 23.7. The van der Waals surface area contributed by atoms with Crippen molar-refractivity contribution in [2.24, 2.45) is 4.99 Å². The minimum Gasteiger partial charge on any atom is -0.493 e. The number of rotatable bonds is 6. The summed E-state index contributed by atoms with van der Waals surface area (Å²) in [5, 5.41) is 4.81. The van der Waals surface area contributed by atoms with Crippen LogP contribution in [0.4, 0.5) is 5.82 Å². The van der Waals surface area contributed by atoms with Gasteiger partial charge in [-0.15, -0.1) is 0 Å². The second kappa shape index (κ2) is 9.05. The fraction of sp³-hybridized carbons (Fsp3) is 0.269. The molecule has 0 radical (unpaired) electrons. The Morgan fingerprint density at radius 1 is 1.00 bits per heavy atom. The van der Waals surface area contributed by atoms with Gasteiger partial charge in [-0.2, -0.15) is 5.10 Å². The fourth-order valence-electron chi connectivity index (χ4n) is 4.32. The Hall–Kier alpha value is -4.07. The van der Waals surface area contributed by atoms with E-state index in [0.717, 1.165) is 48.7 Å². The number of aryl methyl sites for hydroxylation is 1. The van der Waals surface area contributed by atoms with Gasteiger partial charge in [0.25, 0.3) is 0 Å². The molecule has 34 heavy (non-hydrogen) atoms. The largest absolute Gasteiger partial charge is 0.493 e. The van der Waals surface area contributed by atoms with Crippen LogP contribution in [0, 0.1) is 6.92 Å². The Balaban J connectivity index is 1.57. The maximum absolute atomic E-state index is 12.8. The van der Waals surface area contributed by atoms with E-state index in [-0.39, 0.29) is 11.6 Å². The van der Waals surface area contributed by atoms with Crippen LogP contribution in [0.25, 0.3) is 11.8 Å². The maximum atomic E-state index is 12.8. The van der Waals surface area contributed by atoms with Gasteiger partial charge in [0.1, 0.15) is 5.82 Å². The van der Waals surface area contributed by atoms with Gasteiger partial charge in [-0.05, 0) is 56.2 Å². The molecule has 0 spiro atoms. The molecule has 8 nitrogen and oxygen atoms in total. The van der Waals surface area contributed by atoms with Gasteiger partial charge in [0.2, 0.25) is 5.90 Å². The molecule has 0 atom stereocenters. The molecule has 2 aliphatic heterocycles. The third-order valence-corrected chi connectivity index (χ3v) is 6.02. The zero-order valence-corrected chi connectivity index (χ0v) is 19.4. The van der Waals surface area contributed by atoms with Gasteiger partial charge in [-0.1, -0.05) is 18.2 Å². The normalized spacial score (nSPS) is 16.7. The van der Waals surface area contributed by atoms with E-state index in [0.29, 0.717) is 17.1 Å². The second-order valence-corrected chi connectivity index (χ2v) is 8.17. The number of aromatic nitrogens is 2. The number of nitrogens with zero attached hydrogens (tertiary/aromatic N) is 4. The predicted molar refractivity (Wildman–Crippen MR) is 130 cm³/mol. The quantitative estimate of drug-likeness (QED) is 0.408. The van der Waals surface area contributed by atoms with Crippen molar-refractivity contribution in [3.63, 3.8) is 0 Å². The smallest absolute Gasteiger partial charge is 0.363 e. The van der Waals surface area contributed by atoms with Gasteiger partial charge in [0, 0.05) is 24.2 Å². The number of carbonyl (C=O) groups is 1. The molecule has 0 saturated carbocycles. The molecule has 3 heterocycles.